The molecule has 88 valence electrons. The van der Waals surface area contributed by atoms with Crippen LogP contribution in [0.5, 0.6) is 0 Å². The Balaban J connectivity index is 2.46. The lowest BCUT2D eigenvalue weighted by molar-refractivity contribution is 0.289. The largest absolute Gasteiger partial charge is 0.396 e. The molecule has 0 atom stereocenters. The maximum atomic E-state index is 13.2. The fourth-order valence-electron chi connectivity index (χ4n) is 1.13. The summed E-state index contributed by atoms with van der Waals surface area (Å²) >= 11 is 5.00. The van der Waals surface area contributed by atoms with Gasteiger partial charge in [-0.1, -0.05) is 6.07 Å². The number of halogens is 1. The zero-order valence-corrected chi connectivity index (χ0v) is 9.90. The number of aryl methyl sites for hydroxylation is 1. The molecule has 1 aromatic rings. The molecule has 3 nitrogen and oxygen atoms in total. The van der Waals surface area contributed by atoms with Crippen molar-refractivity contribution in [3.8, 4) is 0 Å². The van der Waals surface area contributed by atoms with Crippen LogP contribution in [0.25, 0.3) is 0 Å². The van der Waals surface area contributed by atoms with Crippen LogP contribution >= 0.6 is 12.2 Å². The molecule has 0 unspecified atom stereocenters. The van der Waals surface area contributed by atoms with Gasteiger partial charge in [-0.25, -0.2) is 4.39 Å². The number of benzene rings is 1. The third-order valence-corrected chi connectivity index (χ3v) is 2.30. The molecule has 0 spiro atoms. The van der Waals surface area contributed by atoms with Crippen LogP contribution in [0.4, 0.5) is 10.1 Å². The normalized spacial score (nSPS) is 9.94. The summed E-state index contributed by atoms with van der Waals surface area (Å²) in [5, 5.41) is 14.8. The van der Waals surface area contributed by atoms with Crippen LogP contribution in [0.15, 0.2) is 18.2 Å². The Morgan fingerprint density at radius 3 is 2.88 bits per heavy atom. The van der Waals surface area contributed by atoms with Crippen molar-refractivity contribution < 1.29 is 9.50 Å². The van der Waals surface area contributed by atoms with Gasteiger partial charge in [0.15, 0.2) is 5.11 Å². The predicted molar refractivity (Wildman–Crippen MR) is 67.1 cm³/mol. The molecular weight excluding hydrogens is 227 g/mol. The van der Waals surface area contributed by atoms with E-state index in [1.165, 1.54) is 6.07 Å². The molecule has 3 N–H and O–H groups in total. The lowest BCUT2D eigenvalue weighted by atomic mass is 10.2. The van der Waals surface area contributed by atoms with E-state index in [0.717, 1.165) is 0 Å². The van der Waals surface area contributed by atoms with E-state index in [2.05, 4.69) is 10.6 Å². The minimum Gasteiger partial charge on any atom is -0.396 e. The van der Waals surface area contributed by atoms with E-state index in [1.807, 2.05) is 0 Å². The third-order valence-electron chi connectivity index (χ3n) is 2.05. The van der Waals surface area contributed by atoms with Crippen molar-refractivity contribution in [3.05, 3.63) is 29.6 Å². The number of hydrogen-bond acceptors (Lipinski definition) is 2. The molecule has 0 aliphatic heterocycles. The highest BCUT2D eigenvalue weighted by atomic mass is 32.1. The highest BCUT2D eigenvalue weighted by molar-refractivity contribution is 7.80. The quantitative estimate of drug-likeness (QED) is 0.556. The van der Waals surface area contributed by atoms with Crippen LogP contribution in [-0.4, -0.2) is 23.4 Å². The topological polar surface area (TPSA) is 44.3 Å². The average Bonchev–Trinajstić information content (AvgIpc) is 2.24. The van der Waals surface area contributed by atoms with E-state index >= 15 is 0 Å². The Morgan fingerprint density at radius 1 is 1.50 bits per heavy atom. The summed E-state index contributed by atoms with van der Waals surface area (Å²) in [6.45, 7) is 2.42. The second kappa shape index (κ2) is 6.40. The highest BCUT2D eigenvalue weighted by Crippen LogP contribution is 2.13. The van der Waals surface area contributed by atoms with Gasteiger partial charge in [0.2, 0.25) is 0 Å². The summed E-state index contributed by atoms with van der Waals surface area (Å²) in [5.74, 6) is -0.261. The predicted octanol–water partition coefficient (Wildman–Crippen LogP) is 1.80. The van der Waals surface area contributed by atoms with E-state index in [4.69, 9.17) is 17.3 Å². The summed E-state index contributed by atoms with van der Waals surface area (Å²) in [6.07, 6.45) is 0.629. The van der Waals surface area contributed by atoms with Crippen LogP contribution in [0.3, 0.4) is 0 Å². The number of nitrogens with one attached hydrogen (secondary N) is 2. The zero-order chi connectivity index (χ0) is 12.0. The van der Waals surface area contributed by atoms with Crippen molar-refractivity contribution in [2.75, 3.05) is 18.5 Å². The molecular formula is C11H15FN2OS. The Bertz CT molecular complexity index is 371. The molecule has 0 saturated carbocycles. The lowest BCUT2D eigenvalue weighted by Gasteiger charge is -2.10. The summed E-state index contributed by atoms with van der Waals surface area (Å²) in [5.41, 5.74) is 1.22. The van der Waals surface area contributed by atoms with E-state index < -0.39 is 0 Å². The number of hydrogen-bond donors (Lipinski definition) is 3. The van der Waals surface area contributed by atoms with Gasteiger partial charge in [-0.05, 0) is 43.3 Å². The van der Waals surface area contributed by atoms with Crippen molar-refractivity contribution in [1.82, 2.24) is 5.32 Å². The molecule has 1 rings (SSSR count). The van der Waals surface area contributed by atoms with E-state index in [0.29, 0.717) is 29.3 Å². The van der Waals surface area contributed by atoms with Crippen LogP contribution in [0.1, 0.15) is 12.0 Å². The summed E-state index contributed by atoms with van der Waals surface area (Å²) in [4.78, 5) is 0. The molecule has 0 saturated heterocycles. The highest BCUT2D eigenvalue weighted by Gasteiger charge is 2.00. The second-order valence-electron chi connectivity index (χ2n) is 3.42. The van der Waals surface area contributed by atoms with Gasteiger partial charge in [-0.15, -0.1) is 0 Å². The molecule has 0 bridgehead atoms. The Hall–Kier alpha value is -1.20. The van der Waals surface area contributed by atoms with Crippen LogP contribution in [0.2, 0.25) is 0 Å². The van der Waals surface area contributed by atoms with Gasteiger partial charge in [-0.3, -0.25) is 0 Å². The molecule has 0 radical (unpaired) electrons. The van der Waals surface area contributed by atoms with Gasteiger partial charge in [0, 0.05) is 18.8 Å². The van der Waals surface area contributed by atoms with Crippen molar-refractivity contribution >= 4 is 23.0 Å². The smallest absolute Gasteiger partial charge is 0.170 e. The first-order valence-electron chi connectivity index (χ1n) is 5.05. The monoisotopic (exact) mass is 242 g/mol. The SMILES string of the molecule is Cc1ccc(NC(=S)NCCCO)cc1F. The molecule has 0 fully saturated rings. The third kappa shape index (κ3) is 4.12. The number of rotatable bonds is 4. The molecule has 0 heterocycles. The fourth-order valence-corrected chi connectivity index (χ4v) is 1.35. The van der Waals surface area contributed by atoms with Crippen molar-refractivity contribution in [1.29, 1.82) is 0 Å². The van der Waals surface area contributed by atoms with E-state index in [-0.39, 0.29) is 12.4 Å². The van der Waals surface area contributed by atoms with Crippen molar-refractivity contribution in [2.45, 2.75) is 13.3 Å². The van der Waals surface area contributed by atoms with Gasteiger partial charge >= 0.3 is 0 Å². The number of aliphatic hydroxyl groups excluding tert-OH is 1. The average molecular weight is 242 g/mol. The van der Waals surface area contributed by atoms with Gasteiger partial charge in [-0.2, -0.15) is 0 Å². The summed E-state index contributed by atoms with van der Waals surface area (Å²) in [6, 6.07) is 4.85. The summed E-state index contributed by atoms with van der Waals surface area (Å²) < 4.78 is 13.2. The molecule has 0 amide bonds. The fraction of sp³-hybridized carbons (Fsp3) is 0.364. The Morgan fingerprint density at radius 2 is 2.25 bits per heavy atom. The van der Waals surface area contributed by atoms with Gasteiger partial charge in [0.05, 0.1) is 0 Å². The first kappa shape index (κ1) is 12.9. The maximum absolute atomic E-state index is 13.2. The minimum absolute atomic E-state index is 0.120. The first-order valence-corrected chi connectivity index (χ1v) is 5.46. The Labute approximate surface area is 99.7 Å². The lowest BCUT2D eigenvalue weighted by Crippen LogP contribution is -2.29. The molecule has 16 heavy (non-hydrogen) atoms. The molecule has 0 aromatic heterocycles. The molecule has 0 aliphatic carbocycles. The van der Waals surface area contributed by atoms with E-state index in [9.17, 15) is 4.39 Å². The van der Waals surface area contributed by atoms with Gasteiger partial charge in [0.25, 0.3) is 0 Å². The molecule has 1 aromatic carbocycles. The molecule has 0 aliphatic rings. The molecule has 5 heteroatoms. The van der Waals surface area contributed by atoms with Gasteiger partial charge < -0.3 is 15.7 Å². The van der Waals surface area contributed by atoms with Gasteiger partial charge in [0.1, 0.15) is 5.82 Å². The van der Waals surface area contributed by atoms with Crippen LogP contribution < -0.4 is 10.6 Å². The first-order chi connectivity index (χ1) is 7.63. The Kier molecular flexibility index (Phi) is 5.14. The maximum Gasteiger partial charge on any atom is 0.170 e. The van der Waals surface area contributed by atoms with Crippen molar-refractivity contribution in [3.63, 3.8) is 0 Å². The summed E-state index contributed by atoms with van der Waals surface area (Å²) in [7, 11) is 0. The van der Waals surface area contributed by atoms with Crippen LogP contribution in [0, 0.1) is 12.7 Å². The number of thiocarbonyl (C=S) groups is 1. The number of aliphatic hydroxyl groups is 1. The van der Waals surface area contributed by atoms with E-state index in [1.54, 1.807) is 19.1 Å². The van der Waals surface area contributed by atoms with Crippen molar-refractivity contribution in [2.24, 2.45) is 0 Å². The standard InChI is InChI=1S/C11H15FN2OS/c1-8-3-4-9(7-10(8)12)14-11(16)13-5-2-6-15/h3-4,7,15H,2,5-6H2,1H3,(H2,13,14,16). The second-order valence-corrected chi connectivity index (χ2v) is 3.83. The number of anilines is 1. The zero-order valence-electron chi connectivity index (χ0n) is 9.09. The van der Waals surface area contributed by atoms with Crippen LogP contribution in [-0.2, 0) is 0 Å². The minimum atomic E-state index is -0.261.